The number of pyridine rings is 1. The number of nitrogens with two attached hydrogens (primary N) is 1. The van der Waals surface area contributed by atoms with Crippen molar-refractivity contribution in [2.45, 2.75) is 6.18 Å². The lowest BCUT2D eigenvalue weighted by atomic mass is 10.1. The van der Waals surface area contributed by atoms with Crippen LogP contribution in [0.25, 0.3) is 16.6 Å². The van der Waals surface area contributed by atoms with E-state index in [1.165, 1.54) is 0 Å². The minimum Gasteiger partial charge on any atom is -0.506 e. The van der Waals surface area contributed by atoms with Gasteiger partial charge in [0.15, 0.2) is 5.82 Å². The summed E-state index contributed by atoms with van der Waals surface area (Å²) in [4.78, 5) is 34.3. The summed E-state index contributed by atoms with van der Waals surface area (Å²) >= 11 is 0. The van der Waals surface area contributed by atoms with Crippen LogP contribution >= 0.6 is 0 Å². The van der Waals surface area contributed by atoms with Crippen LogP contribution < -0.4 is 21.5 Å². The van der Waals surface area contributed by atoms with Gasteiger partial charge in [0.05, 0.1) is 5.39 Å². The number of alkyl halides is 3. The molecule has 0 radical (unpaired) electrons. The number of aromatic nitrogens is 3. The molecule has 1 aliphatic rings. The summed E-state index contributed by atoms with van der Waals surface area (Å²) in [6.45, 7) is 1.65. The van der Waals surface area contributed by atoms with Crippen LogP contribution in [0.15, 0.2) is 29.1 Å². The number of nitrogens with zero attached hydrogens (tertiary/aromatic N) is 4. The van der Waals surface area contributed by atoms with Crippen molar-refractivity contribution in [1.29, 1.82) is 0 Å². The molecule has 3 aromatic rings. The van der Waals surface area contributed by atoms with E-state index in [4.69, 9.17) is 5.73 Å². The third kappa shape index (κ3) is 3.60. The number of anilines is 1. The first kappa shape index (κ1) is 21.5. The first-order valence-electron chi connectivity index (χ1n) is 9.38. The summed E-state index contributed by atoms with van der Waals surface area (Å²) in [5.74, 6) is -3.89. The Hall–Kier alpha value is -3.74. The number of amides is 1. The molecular weight excluding hydrogens is 436 g/mol. The van der Waals surface area contributed by atoms with Crippen molar-refractivity contribution in [3.63, 3.8) is 0 Å². The Labute approximate surface area is 177 Å². The van der Waals surface area contributed by atoms with Crippen molar-refractivity contribution in [2.75, 3.05) is 31.1 Å². The number of fused-ring (bicyclic) bond motifs is 1. The number of carbonyl (C=O) groups excluding carboxylic acids is 1. The maximum Gasteiger partial charge on any atom is 0.431 e. The Morgan fingerprint density at radius 2 is 1.88 bits per heavy atom. The molecule has 2 aromatic heterocycles. The van der Waals surface area contributed by atoms with Crippen LogP contribution in [0, 0.1) is 5.82 Å². The van der Waals surface area contributed by atoms with Crippen LogP contribution in [0.2, 0.25) is 0 Å². The van der Waals surface area contributed by atoms with Gasteiger partial charge in [-0.05, 0) is 18.2 Å². The standard InChI is InChI=1S/C19H16F4N6O3/c20-10-2-1-3-11(30)14(10)29-12(19(21,22)23)8-9-13(18(29)32)26-16(15(24)31)27-17(9)28-6-4-25-5-7-28/h1-3,8,25,30H,4-7H2,(H2,24,31). The second kappa shape index (κ2) is 7.75. The maximum atomic E-state index is 14.5. The lowest BCUT2D eigenvalue weighted by Crippen LogP contribution is -2.44. The van der Waals surface area contributed by atoms with E-state index in [0.29, 0.717) is 32.2 Å². The topological polar surface area (TPSA) is 126 Å². The highest BCUT2D eigenvalue weighted by Crippen LogP contribution is 2.36. The molecule has 0 bridgehead atoms. The molecule has 1 amide bonds. The van der Waals surface area contributed by atoms with Crippen molar-refractivity contribution in [3.8, 4) is 11.4 Å². The fraction of sp³-hybridized carbons (Fsp3) is 0.263. The molecule has 0 atom stereocenters. The molecule has 3 heterocycles. The zero-order valence-corrected chi connectivity index (χ0v) is 16.3. The van der Waals surface area contributed by atoms with Gasteiger partial charge in [-0.2, -0.15) is 13.2 Å². The van der Waals surface area contributed by atoms with Crippen LogP contribution in [0.5, 0.6) is 5.75 Å². The van der Waals surface area contributed by atoms with Crippen LogP contribution in [-0.4, -0.2) is 51.7 Å². The van der Waals surface area contributed by atoms with Gasteiger partial charge in [-0.1, -0.05) is 6.07 Å². The summed E-state index contributed by atoms with van der Waals surface area (Å²) < 4.78 is 56.4. The monoisotopic (exact) mass is 452 g/mol. The number of nitrogens with one attached hydrogen (secondary N) is 1. The molecule has 13 heteroatoms. The van der Waals surface area contributed by atoms with Crippen molar-refractivity contribution < 1.29 is 27.5 Å². The van der Waals surface area contributed by atoms with E-state index in [9.17, 15) is 32.3 Å². The number of piperazine rings is 1. The minimum atomic E-state index is -5.11. The fourth-order valence-electron chi connectivity index (χ4n) is 3.55. The smallest absolute Gasteiger partial charge is 0.431 e. The molecule has 4 N–H and O–H groups in total. The van der Waals surface area contributed by atoms with E-state index in [1.54, 1.807) is 4.90 Å². The van der Waals surface area contributed by atoms with Gasteiger partial charge in [-0.3, -0.25) is 14.2 Å². The predicted molar refractivity (Wildman–Crippen MR) is 105 cm³/mol. The third-order valence-electron chi connectivity index (χ3n) is 4.97. The van der Waals surface area contributed by atoms with Crippen LogP contribution in [0.3, 0.4) is 0 Å². The lowest BCUT2D eigenvalue weighted by Gasteiger charge is -2.29. The predicted octanol–water partition coefficient (Wildman–Crippen LogP) is 1.15. The molecule has 1 fully saturated rings. The molecule has 4 rings (SSSR count). The Kier molecular flexibility index (Phi) is 5.20. The van der Waals surface area contributed by atoms with Crippen molar-refractivity contribution >= 4 is 22.6 Å². The summed E-state index contributed by atoms with van der Waals surface area (Å²) in [6.07, 6.45) is -5.11. The number of benzene rings is 1. The molecule has 1 saturated heterocycles. The molecule has 168 valence electrons. The Morgan fingerprint density at radius 1 is 1.19 bits per heavy atom. The van der Waals surface area contributed by atoms with E-state index >= 15 is 0 Å². The van der Waals surface area contributed by atoms with Gasteiger partial charge >= 0.3 is 6.18 Å². The largest absolute Gasteiger partial charge is 0.506 e. The molecular formula is C19H16F4N6O3. The number of phenols is 1. The number of halogens is 4. The number of primary amides is 1. The van der Waals surface area contributed by atoms with Crippen molar-refractivity contribution in [3.05, 3.63) is 52.0 Å². The second-order valence-electron chi connectivity index (χ2n) is 7.01. The summed E-state index contributed by atoms with van der Waals surface area (Å²) in [5.41, 5.74) is 0.772. The van der Waals surface area contributed by atoms with Gasteiger partial charge in [0.2, 0.25) is 5.82 Å². The molecule has 0 aliphatic carbocycles. The van der Waals surface area contributed by atoms with Crippen LogP contribution in [-0.2, 0) is 6.18 Å². The first-order chi connectivity index (χ1) is 15.1. The van der Waals surface area contributed by atoms with E-state index in [0.717, 1.165) is 18.2 Å². The highest BCUT2D eigenvalue weighted by molar-refractivity contribution is 5.96. The normalized spacial score (nSPS) is 14.7. The van der Waals surface area contributed by atoms with Gasteiger partial charge in [-0.25, -0.2) is 14.4 Å². The molecule has 32 heavy (non-hydrogen) atoms. The fourth-order valence-corrected chi connectivity index (χ4v) is 3.55. The van der Waals surface area contributed by atoms with Crippen molar-refractivity contribution in [2.24, 2.45) is 5.73 Å². The summed E-state index contributed by atoms with van der Waals surface area (Å²) in [6, 6.07) is 3.41. The Morgan fingerprint density at radius 3 is 2.47 bits per heavy atom. The zero-order valence-electron chi connectivity index (χ0n) is 16.3. The zero-order chi connectivity index (χ0) is 23.2. The first-order valence-corrected chi connectivity index (χ1v) is 9.38. The number of phenolic OH excluding ortho intramolecular Hbond substituents is 1. The SMILES string of the molecule is NC(=O)c1nc(N2CCNCC2)c2cc(C(F)(F)F)n(-c3c(O)cccc3F)c(=O)c2n1. The highest BCUT2D eigenvalue weighted by Gasteiger charge is 2.38. The lowest BCUT2D eigenvalue weighted by molar-refractivity contribution is -0.142. The highest BCUT2D eigenvalue weighted by atomic mass is 19.4. The van der Waals surface area contributed by atoms with Gasteiger partial charge in [-0.15, -0.1) is 0 Å². The molecule has 0 saturated carbocycles. The number of hydrogen-bond donors (Lipinski definition) is 3. The van der Waals surface area contributed by atoms with Crippen LogP contribution in [0.1, 0.15) is 16.3 Å². The van der Waals surface area contributed by atoms with E-state index in [1.807, 2.05) is 0 Å². The second-order valence-corrected chi connectivity index (χ2v) is 7.01. The maximum absolute atomic E-state index is 14.5. The van der Waals surface area contributed by atoms with E-state index in [2.05, 4.69) is 15.3 Å². The Balaban J connectivity index is 2.15. The molecule has 0 spiro atoms. The number of para-hydroxylation sites is 1. The third-order valence-corrected chi connectivity index (χ3v) is 4.97. The average Bonchev–Trinajstić information content (AvgIpc) is 2.74. The summed E-state index contributed by atoms with van der Waals surface area (Å²) in [7, 11) is 0. The average molecular weight is 452 g/mol. The van der Waals surface area contributed by atoms with Gasteiger partial charge in [0, 0.05) is 26.2 Å². The van der Waals surface area contributed by atoms with Gasteiger partial charge in [0.25, 0.3) is 11.5 Å². The Bertz CT molecular complexity index is 1260. The molecule has 1 aromatic carbocycles. The summed E-state index contributed by atoms with van der Waals surface area (Å²) in [5, 5.41) is 12.8. The molecule has 1 aliphatic heterocycles. The van der Waals surface area contributed by atoms with Gasteiger partial charge < -0.3 is 21.1 Å². The number of hydrogen-bond acceptors (Lipinski definition) is 7. The minimum absolute atomic E-state index is 0.00763. The van der Waals surface area contributed by atoms with Gasteiger partial charge in [0.1, 0.15) is 28.5 Å². The quantitative estimate of drug-likeness (QED) is 0.509. The van der Waals surface area contributed by atoms with Crippen LogP contribution in [0.4, 0.5) is 23.4 Å². The van der Waals surface area contributed by atoms with Crippen molar-refractivity contribution in [1.82, 2.24) is 19.9 Å². The number of rotatable bonds is 3. The number of aromatic hydroxyl groups is 1. The van der Waals surface area contributed by atoms with E-state index < -0.39 is 51.9 Å². The molecule has 0 unspecified atom stereocenters. The molecule has 9 nitrogen and oxygen atoms in total. The van der Waals surface area contributed by atoms with E-state index in [-0.39, 0.29) is 15.8 Å². The number of carbonyl (C=O) groups is 1.